The van der Waals surface area contributed by atoms with Crippen molar-refractivity contribution in [3.05, 3.63) is 85.1 Å². The number of quaternary nitrogens is 1. The molecule has 3 unspecified atom stereocenters. The summed E-state index contributed by atoms with van der Waals surface area (Å²) >= 11 is 0. The van der Waals surface area contributed by atoms with Gasteiger partial charge in [-0.3, -0.25) is 18.6 Å². The van der Waals surface area contributed by atoms with E-state index < -0.39 is 20.0 Å². The van der Waals surface area contributed by atoms with E-state index in [4.69, 9.17) is 13.8 Å². The third-order valence-corrected chi connectivity index (χ3v) is 15.3. The zero-order chi connectivity index (χ0) is 57.9. The number of phosphoric ester groups is 1. The van der Waals surface area contributed by atoms with Crippen LogP contribution in [0.4, 0.5) is 0 Å². The van der Waals surface area contributed by atoms with Crippen molar-refractivity contribution in [2.24, 2.45) is 0 Å². The first-order valence-corrected chi connectivity index (χ1v) is 34.4. The highest BCUT2D eigenvalue weighted by molar-refractivity contribution is 7.47. The lowest BCUT2D eigenvalue weighted by Gasteiger charge is -2.27. The summed E-state index contributed by atoms with van der Waals surface area (Å²) in [4.78, 5) is 37.7. The molecule has 0 heterocycles. The molecule has 0 saturated carbocycles. The molecule has 0 fully saturated rings. The molecule has 0 aliphatic rings. The second-order valence-electron chi connectivity index (χ2n) is 23.3. The Kier molecular flexibility index (Phi) is 56.3. The highest BCUT2D eigenvalue weighted by atomic mass is 31.2. The van der Waals surface area contributed by atoms with Gasteiger partial charge in [0.25, 0.3) is 0 Å². The van der Waals surface area contributed by atoms with Crippen LogP contribution < -0.4 is 5.32 Å². The Bertz CT molecular complexity index is 1630. The summed E-state index contributed by atoms with van der Waals surface area (Å²) in [5.74, 6) is -0.524. The van der Waals surface area contributed by atoms with Gasteiger partial charge in [-0.15, -0.1) is 0 Å². The van der Waals surface area contributed by atoms with Gasteiger partial charge in [0.1, 0.15) is 19.3 Å². The van der Waals surface area contributed by atoms with Crippen molar-refractivity contribution in [1.82, 2.24) is 5.32 Å². The van der Waals surface area contributed by atoms with Crippen molar-refractivity contribution >= 4 is 19.7 Å². The van der Waals surface area contributed by atoms with Crippen LogP contribution in [0.25, 0.3) is 0 Å². The minimum Gasteiger partial charge on any atom is -0.456 e. The summed E-state index contributed by atoms with van der Waals surface area (Å²) < 4.78 is 30.7. The average molecular weight is 1130 g/mol. The summed E-state index contributed by atoms with van der Waals surface area (Å²) in [5, 5.41) is 3.06. The topological polar surface area (TPSA) is 111 Å². The Balaban J connectivity index is 5.08. The highest BCUT2D eigenvalue weighted by Crippen LogP contribution is 2.43. The Labute approximate surface area is 488 Å². The van der Waals surface area contributed by atoms with Crippen molar-refractivity contribution in [3.63, 3.8) is 0 Å². The second kappa shape index (κ2) is 58.4. The molecule has 0 aliphatic heterocycles. The quantitative estimate of drug-likeness (QED) is 0.0205. The third-order valence-electron chi connectivity index (χ3n) is 14.3. The fraction of sp³-hybridized carbons (Fsp3) is 0.768. The van der Waals surface area contributed by atoms with Crippen LogP contribution in [0.1, 0.15) is 290 Å². The molecule has 9 nitrogen and oxygen atoms in total. The van der Waals surface area contributed by atoms with Gasteiger partial charge in [-0.25, -0.2) is 4.57 Å². The van der Waals surface area contributed by atoms with E-state index in [1.807, 2.05) is 33.3 Å². The molecule has 0 aromatic rings. The number of allylic oxidation sites excluding steroid dienone is 13. The predicted molar refractivity (Wildman–Crippen MR) is 341 cm³/mol. The van der Waals surface area contributed by atoms with Gasteiger partial charge < -0.3 is 19.4 Å². The van der Waals surface area contributed by atoms with Crippen LogP contribution in [0.15, 0.2) is 85.1 Å². The smallest absolute Gasteiger partial charge is 0.456 e. The van der Waals surface area contributed by atoms with E-state index in [9.17, 15) is 19.0 Å². The highest BCUT2D eigenvalue weighted by Gasteiger charge is 2.30. The molecule has 3 atom stereocenters. The third kappa shape index (κ3) is 59.6. The Morgan fingerprint density at radius 2 is 0.810 bits per heavy atom. The lowest BCUT2D eigenvalue weighted by molar-refractivity contribution is -0.870. The zero-order valence-corrected chi connectivity index (χ0v) is 53.2. The molecule has 0 bridgehead atoms. The number of hydrogen-bond donors (Lipinski definition) is 2. The van der Waals surface area contributed by atoms with Crippen LogP contribution in [-0.4, -0.2) is 74.3 Å². The number of carbonyl (C=O) groups is 2. The number of phosphoric acid groups is 1. The van der Waals surface area contributed by atoms with E-state index in [0.29, 0.717) is 23.9 Å². The summed E-state index contributed by atoms with van der Waals surface area (Å²) in [7, 11) is 1.48. The number of likely N-dealkylation sites (N-methyl/N-ethyl adjacent to an activating group) is 1. The molecule has 0 aliphatic carbocycles. The van der Waals surface area contributed by atoms with Gasteiger partial charge in [0.05, 0.1) is 33.8 Å². The molecule has 0 saturated heterocycles. The predicted octanol–water partition coefficient (Wildman–Crippen LogP) is 20.6. The van der Waals surface area contributed by atoms with E-state index in [2.05, 4.69) is 99.0 Å². The summed E-state index contributed by atoms with van der Waals surface area (Å²) in [5.41, 5.74) is 0. The monoisotopic (exact) mass is 1130 g/mol. The summed E-state index contributed by atoms with van der Waals surface area (Å²) in [6.07, 6.45) is 77.3. The standard InChI is InChI=1S/C69H125N2O7P/c1-7-10-13-16-19-22-25-28-30-31-32-33-34-35-36-37-38-39-40-41-42-43-46-49-52-55-58-61-68(72)70-66(65-77-79(74,75)76-64-63-71(4,5)6)67(60-57-54-51-48-45-27-24-21-18-15-12-9-3)78-69(73)62-59-56-53-50-47-44-29-26-23-20-17-14-11-8-2/h10,13,19,22,28,30,32-33,35-36,44,47,57,60,66-67H,7-9,11-12,14-18,20-21,23-27,29,31,34,37-43,45-46,48-56,58-59,61-65H2,1-6H3,(H-,70,72,74,75)/p+1/b13-10-,22-19-,30-28-,33-32-,36-35-,47-44-,60-57-. The largest absolute Gasteiger partial charge is 0.472 e. The van der Waals surface area contributed by atoms with Gasteiger partial charge >= 0.3 is 13.8 Å². The molecule has 0 aromatic carbocycles. The van der Waals surface area contributed by atoms with E-state index in [-0.39, 0.29) is 31.5 Å². The maximum absolute atomic E-state index is 13.6. The van der Waals surface area contributed by atoms with E-state index in [0.717, 1.165) is 96.3 Å². The first kappa shape index (κ1) is 76.2. The molecule has 79 heavy (non-hydrogen) atoms. The average Bonchev–Trinajstić information content (AvgIpc) is 3.41. The van der Waals surface area contributed by atoms with Gasteiger partial charge in [-0.1, -0.05) is 260 Å². The molecular weight excluding hydrogens is 1000 g/mol. The van der Waals surface area contributed by atoms with E-state index in [1.54, 1.807) is 0 Å². The number of nitrogens with zero attached hydrogens (tertiary/aromatic N) is 1. The van der Waals surface area contributed by atoms with Crippen molar-refractivity contribution < 1.29 is 37.3 Å². The van der Waals surface area contributed by atoms with Crippen LogP contribution in [0.3, 0.4) is 0 Å². The molecule has 0 aromatic heterocycles. The number of carbonyl (C=O) groups excluding carboxylic acids is 2. The molecular formula is C69H126N2O7P+. The van der Waals surface area contributed by atoms with Gasteiger partial charge in [-0.2, -0.15) is 0 Å². The normalized spacial score (nSPS) is 14.2. The Morgan fingerprint density at radius 1 is 0.456 bits per heavy atom. The fourth-order valence-electron chi connectivity index (χ4n) is 9.26. The van der Waals surface area contributed by atoms with Crippen molar-refractivity contribution in [2.45, 2.75) is 303 Å². The van der Waals surface area contributed by atoms with E-state index in [1.165, 1.54) is 154 Å². The van der Waals surface area contributed by atoms with Crippen LogP contribution in [0, 0.1) is 0 Å². The molecule has 2 N–H and O–H groups in total. The van der Waals surface area contributed by atoms with Gasteiger partial charge in [-0.05, 0) is 102 Å². The minimum atomic E-state index is -4.46. The summed E-state index contributed by atoms with van der Waals surface area (Å²) in [6.45, 7) is 6.89. The van der Waals surface area contributed by atoms with E-state index >= 15 is 0 Å². The summed E-state index contributed by atoms with van der Waals surface area (Å²) in [6, 6.07) is -0.859. The van der Waals surface area contributed by atoms with Gasteiger partial charge in [0, 0.05) is 12.8 Å². The van der Waals surface area contributed by atoms with Crippen molar-refractivity contribution in [1.29, 1.82) is 0 Å². The Morgan fingerprint density at radius 3 is 1.24 bits per heavy atom. The zero-order valence-electron chi connectivity index (χ0n) is 52.3. The fourth-order valence-corrected chi connectivity index (χ4v) is 9.99. The lowest BCUT2D eigenvalue weighted by atomic mass is 10.0. The molecule has 0 radical (unpaired) electrons. The Hall–Kier alpha value is -2.81. The maximum atomic E-state index is 13.6. The number of hydrogen-bond acceptors (Lipinski definition) is 6. The van der Waals surface area contributed by atoms with Crippen molar-refractivity contribution in [2.75, 3.05) is 40.9 Å². The van der Waals surface area contributed by atoms with Gasteiger partial charge in [0.15, 0.2) is 0 Å². The van der Waals surface area contributed by atoms with Crippen LogP contribution in [0.5, 0.6) is 0 Å². The first-order chi connectivity index (χ1) is 38.4. The lowest BCUT2D eigenvalue weighted by Crippen LogP contribution is -2.47. The van der Waals surface area contributed by atoms with Crippen LogP contribution in [-0.2, 0) is 27.9 Å². The van der Waals surface area contributed by atoms with Crippen molar-refractivity contribution in [3.8, 4) is 0 Å². The van der Waals surface area contributed by atoms with Crippen LogP contribution >= 0.6 is 7.82 Å². The maximum Gasteiger partial charge on any atom is 0.472 e. The molecule has 1 amide bonds. The SMILES string of the molecule is CC/C=C\C/C=C\C/C=C\C/C=C\C/C=C\CCCCCCCCCCCCCC(=O)NC(COP(=O)(O)OCC[N+](C)(C)C)C(/C=C\CCCCCCCCCCCC)OC(=O)CCCCC/C=C\CCCCCCCCC. The van der Waals surface area contributed by atoms with Gasteiger partial charge in [0.2, 0.25) is 5.91 Å². The minimum absolute atomic E-state index is 0.0352. The molecule has 458 valence electrons. The number of ether oxygens (including phenoxy) is 1. The number of amides is 1. The second-order valence-corrected chi connectivity index (χ2v) is 24.7. The molecule has 0 rings (SSSR count). The number of esters is 1. The molecule has 10 heteroatoms. The number of unbranched alkanes of at least 4 members (excludes halogenated alkanes) is 31. The van der Waals surface area contributed by atoms with Crippen LogP contribution in [0.2, 0.25) is 0 Å². The first-order valence-electron chi connectivity index (χ1n) is 32.9. The number of nitrogens with one attached hydrogen (secondary N) is 1. The molecule has 0 spiro atoms. The number of rotatable bonds is 59.